The van der Waals surface area contributed by atoms with E-state index in [1.165, 1.54) is 33.5 Å². The third-order valence-corrected chi connectivity index (χ3v) is 6.16. The van der Waals surface area contributed by atoms with Gasteiger partial charge in [0, 0.05) is 17.1 Å². The lowest BCUT2D eigenvalue weighted by atomic mass is 10.2. The van der Waals surface area contributed by atoms with Gasteiger partial charge in [0.15, 0.2) is 0 Å². The van der Waals surface area contributed by atoms with Crippen molar-refractivity contribution in [1.82, 2.24) is 25.1 Å². The highest BCUT2D eigenvalue weighted by molar-refractivity contribution is 8.00. The van der Waals surface area contributed by atoms with Crippen molar-refractivity contribution in [2.24, 2.45) is 0 Å². The lowest BCUT2D eigenvalue weighted by molar-refractivity contribution is -0.127. The molecule has 0 N–H and O–H groups in total. The minimum absolute atomic E-state index is 0.286. The van der Waals surface area contributed by atoms with E-state index in [1.807, 2.05) is 0 Å². The van der Waals surface area contributed by atoms with Crippen LogP contribution in [-0.2, 0) is 4.79 Å². The predicted octanol–water partition coefficient (Wildman–Crippen LogP) is 3.77. The highest BCUT2D eigenvalue weighted by Crippen LogP contribution is 2.30. The molecular weight excluding hydrogens is 429 g/mol. The van der Waals surface area contributed by atoms with Crippen LogP contribution >= 0.6 is 23.4 Å². The molecule has 1 fully saturated rings. The molecule has 2 aromatic carbocycles. The summed E-state index contributed by atoms with van der Waals surface area (Å²) < 4.78 is 15.0. The topological polar surface area (TPSA) is 81.0 Å². The van der Waals surface area contributed by atoms with Gasteiger partial charge in [0.25, 0.3) is 5.91 Å². The van der Waals surface area contributed by atoms with Gasteiger partial charge in [-0.2, -0.15) is 4.68 Å². The third kappa shape index (κ3) is 4.36. The van der Waals surface area contributed by atoms with E-state index in [0.29, 0.717) is 34.4 Å². The van der Waals surface area contributed by atoms with Crippen LogP contribution < -0.4 is 0 Å². The predicted molar refractivity (Wildman–Crippen MR) is 110 cm³/mol. The molecule has 154 valence electrons. The molecule has 1 atom stereocenters. The van der Waals surface area contributed by atoms with Crippen molar-refractivity contribution in [3.63, 3.8) is 0 Å². The molecule has 0 saturated carbocycles. The Bertz CT molecular complexity index is 1080. The van der Waals surface area contributed by atoms with Crippen LogP contribution in [-0.4, -0.2) is 48.7 Å². The Hall–Kier alpha value is -2.78. The number of hydrogen-bond acceptors (Lipinski definition) is 6. The Kier molecular flexibility index (Phi) is 6.10. The van der Waals surface area contributed by atoms with E-state index in [1.54, 1.807) is 36.4 Å². The van der Waals surface area contributed by atoms with Crippen LogP contribution in [0.1, 0.15) is 29.6 Å². The molecule has 4 rings (SSSR count). The maximum Gasteiger partial charge on any atom is 0.260 e. The van der Waals surface area contributed by atoms with Gasteiger partial charge in [0.1, 0.15) is 5.82 Å². The minimum Gasteiger partial charge on any atom is -0.278 e. The summed E-state index contributed by atoms with van der Waals surface area (Å²) in [6, 6.07) is 12.3. The summed E-state index contributed by atoms with van der Waals surface area (Å²) in [5.74, 6) is -1.05. The lowest BCUT2D eigenvalue weighted by Gasteiger charge is -2.22. The molecule has 7 nitrogen and oxygen atoms in total. The number of imide groups is 1. The Morgan fingerprint density at radius 1 is 1.17 bits per heavy atom. The minimum atomic E-state index is -0.526. The van der Waals surface area contributed by atoms with Crippen LogP contribution in [0.2, 0.25) is 5.02 Å². The zero-order valence-corrected chi connectivity index (χ0v) is 17.3. The molecule has 0 bridgehead atoms. The van der Waals surface area contributed by atoms with Crippen molar-refractivity contribution in [3.8, 4) is 5.69 Å². The Morgan fingerprint density at radius 3 is 2.73 bits per heavy atom. The first kappa shape index (κ1) is 20.5. The maximum atomic E-state index is 13.6. The van der Waals surface area contributed by atoms with Crippen LogP contribution in [0.15, 0.2) is 53.7 Å². The molecule has 0 radical (unpaired) electrons. The van der Waals surface area contributed by atoms with Gasteiger partial charge in [-0.1, -0.05) is 35.9 Å². The van der Waals surface area contributed by atoms with Crippen LogP contribution in [0.25, 0.3) is 5.69 Å². The van der Waals surface area contributed by atoms with Crippen LogP contribution in [0.3, 0.4) is 0 Å². The van der Waals surface area contributed by atoms with E-state index in [9.17, 15) is 14.0 Å². The fraction of sp³-hybridized carbons (Fsp3) is 0.250. The van der Waals surface area contributed by atoms with Crippen molar-refractivity contribution in [3.05, 3.63) is 64.9 Å². The molecule has 1 aromatic heterocycles. The Balaban J connectivity index is 1.56. The standard InChI is InChI=1S/C20H17ClFN5O2S/c21-14-9-7-13(8-10-14)18(28)26-11-2-1-6-17(19(26)29)30-20-23-24-25-27(20)16-5-3-4-15(22)12-16/h3-5,7-10,12,17H,1-2,6,11H2/t17-/m1/s1. The molecule has 1 aliphatic heterocycles. The number of carbonyl (C=O) groups excluding carboxylic acids is 2. The molecule has 1 saturated heterocycles. The van der Waals surface area contributed by atoms with Crippen LogP contribution in [0, 0.1) is 5.82 Å². The molecule has 2 heterocycles. The van der Waals surface area contributed by atoms with Gasteiger partial charge in [0.05, 0.1) is 10.9 Å². The van der Waals surface area contributed by atoms with E-state index in [-0.39, 0.29) is 11.8 Å². The summed E-state index contributed by atoms with van der Waals surface area (Å²) >= 11 is 7.07. The molecule has 30 heavy (non-hydrogen) atoms. The SMILES string of the molecule is O=C(c1ccc(Cl)cc1)N1CCCC[C@@H](Sc2nnnn2-c2cccc(F)c2)C1=O. The molecule has 3 aromatic rings. The van der Waals surface area contributed by atoms with Gasteiger partial charge in [-0.25, -0.2) is 4.39 Å². The second-order valence-corrected chi connectivity index (χ2v) is 8.36. The van der Waals surface area contributed by atoms with Crippen LogP contribution in [0.4, 0.5) is 4.39 Å². The Morgan fingerprint density at radius 2 is 1.97 bits per heavy atom. The van der Waals surface area contributed by atoms with E-state index in [4.69, 9.17) is 11.6 Å². The number of benzene rings is 2. The second kappa shape index (κ2) is 8.93. The number of hydrogen-bond donors (Lipinski definition) is 0. The average molecular weight is 446 g/mol. The lowest BCUT2D eigenvalue weighted by Crippen LogP contribution is -2.41. The monoisotopic (exact) mass is 445 g/mol. The molecule has 2 amide bonds. The fourth-order valence-corrected chi connectivity index (χ4v) is 4.43. The van der Waals surface area contributed by atoms with Gasteiger partial charge in [-0.05, 0) is 65.7 Å². The summed E-state index contributed by atoms with van der Waals surface area (Å²) in [6.07, 6.45) is 2.09. The molecule has 0 unspecified atom stereocenters. The quantitative estimate of drug-likeness (QED) is 0.569. The number of carbonyl (C=O) groups is 2. The van der Waals surface area contributed by atoms with E-state index in [0.717, 1.165) is 12.8 Å². The average Bonchev–Trinajstić information content (AvgIpc) is 3.13. The molecular formula is C20H17ClFN5O2S. The van der Waals surface area contributed by atoms with E-state index in [2.05, 4.69) is 15.5 Å². The van der Waals surface area contributed by atoms with Gasteiger partial charge in [-0.15, -0.1) is 5.10 Å². The number of rotatable bonds is 4. The second-order valence-electron chi connectivity index (χ2n) is 6.76. The van der Waals surface area contributed by atoms with Gasteiger partial charge in [0.2, 0.25) is 11.1 Å². The number of aromatic nitrogens is 4. The third-order valence-electron chi connectivity index (χ3n) is 4.72. The van der Waals surface area contributed by atoms with Crippen molar-refractivity contribution in [1.29, 1.82) is 0 Å². The zero-order chi connectivity index (χ0) is 21.1. The van der Waals surface area contributed by atoms with Crippen molar-refractivity contribution in [2.45, 2.75) is 29.7 Å². The number of amides is 2. The van der Waals surface area contributed by atoms with Gasteiger partial charge >= 0.3 is 0 Å². The van der Waals surface area contributed by atoms with E-state index < -0.39 is 11.1 Å². The van der Waals surface area contributed by atoms with E-state index >= 15 is 0 Å². The summed E-state index contributed by atoms with van der Waals surface area (Å²) in [4.78, 5) is 27.4. The smallest absolute Gasteiger partial charge is 0.260 e. The van der Waals surface area contributed by atoms with Gasteiger partial charge < -0.3 is 0 Å². The largest absolute Gasteiger partial charge is 0.278 e. The summed E-state index contributed by atoms with van der Waals surface area (Å²) in [7, 11) is 0. The normalized spacial score (nSPS) is 17.1. The highest BCUT2D eigenvalue weighted by atomic mass is 35.5. The molecule has 1 aliphatic rings. The molecule has 10 heteroatoms. The first-order valence-electron chi connectivity index (χ1n) is 9.35. The first-order valence-corrected chi connectivity index (χ1v) is 10.6. The Labute approximate surface area is 181 Å². The van der Waals surface area contributed by atoms with Crippen molar-refractivity contribution < 1.29 is 14.0 Å². The highest BCUT2D eigenvalue weighted by Gasteiger charge is 2.33. The first-order chi connectivity index (χ1) is 14.5. The fourth-order valence-electron chi connectivity index (χ4n) is 3.22. The van der Waals surface area contributed by atoms with Crippen molar-refractivity contribution >= 4 is 35.2 Å². The maximum absolute atomic E-state index is 13.6. The zero-order valence-electron chi connectivity index (χ0n) is 15.7. The summed E-state index contributed by atoms with van der Waals surface area (Å²) in [6.45, 7) is 0.353. The number of thioether (sulfide) groups is 1. The van der Waals surface area contributed by atoms with Crippen molar-refractivity contribution in [2.75, 3.05) is 6.54 Å². The summed E-state index contributed by atoms with van der Waals surface area (Å²) in [5, 5.41) is 11.9. The summed E-state index contributed by atoms with van der Waals surface area (Å²) in [5.41, 5.74) is 0.862. The number of nitrogens with zero attached hydrogens (tertiary/aromatic N) is 5. The number of likely N-dealkylation sites (tertiary alicyclic amines) is 1. The molecule has 0 spiro atoms. The van der Waals surface area contributed by atoms with Gasteiger partial charge in [-0.3, -0.25) is 14.5 Å². The molecule has 0 aliphatic carbocycles. The van der Waals surface area contributed by atoms with Crippen LogP contribution in [0.5, 0.6) is 0 Å². The number of tetrazole rings is 1. The number of halogens is 2.